The lowest BCUT2D eigenvalue weighted by Crippen LogP contribution is -2.46. The lowest BCUT2D eigenvalue weighted by atomic mass is 10.1. The molecule has 0 spiro atoms. The number of ether oxygens (including phenoxy) is 1. The topological polar surface area (TPSA) is 67.4 Å². The van der Waals surface area contributed by atoms with E-state index in [0.717, 1.165) is 5.56 Å². The van der Waals surface area contributed by atoms with Gasteiger partial charge in [0.2, 0.25) is 5.91 Å². The van der Waals surface area contributed by atoms with E-state index in [1.807, 2.05) is 51.1 Å². The molecule has 0 heterocycles. The summed E-state index contributed by atoms with van der Waals surface area (Å²) < 4.78 is 5.06. The molecule has 0 fully saturated rings. The quantitative estimate of drug-likeness (QED) is 0.785. The van der Waals surface area contributed by atoms with Crippen molar-refractivity contribution in [3.05, 3.63) is 35.9 Å². The van der Waals surface area contributed by atoms with Crippen LogP contribution in [0.2, 0.25) is 0 Å². The normalized spacial score (nSPS) is 12.6. The summed E-state index contributed by atoms with van der Waals surface area (Å²) in [6, 6.07) is 8.58. The second kappa shape index (κ2) is 7.78. The van der Waals surface area contributed by atoms with Crippen molar-refractivity contribution in [2.45, 2.75) is 39.3 Å². The van der Waals surface area contributed by atoms with Crippen LogP contribution in [0.4, 0.5) is 0 Å². The Bertz CT molecular complexity index is 466. The average molecular weight is 292 g/mol. The predicted octanol–water partition coefficient (Wildman–Crippen LogP) is 1.80. The second-order valence-corrected chi connectivity index (χ2v) is 5.77. The van der Waals surface area contributed by atoms with E-state index >= 15 is 0 Å². The van der Waals surface area contributed by atoms with Gasteiger partial charge in [-0.1, -0.05) is 30.3 Å². The Morgan fingerprint density at radius 2 is 1.81 bits per heavy atom. The number of rotatable bonds is 6. The number of esters is 1. The first-order valence-electron chi connectivity index (χ1n) is 7.09. The van der Waals surface area contributed by atoms with E-state index in [1.165, 1.54) is 0 Å². The number of benzene rings is 1. The fraction of sp³-hybridized carbons (Fsp3) is 0.500. The van der Waals surface area contributed by atoms with Crippen LogP contribution in [0.1, 0.15) is 39.3 Å². The van der Waals surface area contributed by atoms with Gasteiger partial charge in [-0.05, 0) is 33.3 Å². The van der Waals surface area contributed by atoms with Crippen molar-refractivity contribution >= 4 is 11.9 Å². The Balaban J connectivity index is 2.71. The molecule has 1 unspecified atom stereocenters. The molecule has 0 radical (unpaired) electrons. The van der Waals surface area contributed by atoms with Gasteiger partial charge in [-0.2, -0.15) is 0 Å². The largest absolute Gasteiger partial charge is 0.465 e. The van der Waals surface area contributed by atoms with Crippen LogP contribution in [0, 0.1) is 0 Å². The van der Waals surface area contributed by atoms with Crippen LogP contribution in [0.3, 0.4) is 0 Å². The Labute approximate surface area is 126 Å². The summed E-state index contributed by atoms with van der Waals surface area (Å²) in [6.45, 7) is 7.83. The van der Waals surface area contributed by atoms with Crippen molar-refractivity contribution in [3.63, 3.8) is 0 Å². The molecule has 0 aromatic heterocycles. The fourth-order valence-electron chi connectivity index (χ4n) is 1.87. The minimum Gasteiger partial charge on any atom is -0.465 e. The molecule has 0 aliphatic rings. The Hall–Kier alpha value is -1.88. The predicted molar refractivity (Wildman–Crippen MR) is 81.7 cm³/mol. The molecular weight excluding hydrogens is 268 g/mol. The molecule has 21 heavy (non-hydrogen) atoms. The number of carbonyl (C=O) groups is 2. The Kier molecular flexibility index (Phi) is 6.37. The van der Waals surface area contributed by atoms with Crippen LogP contribution in [0.25, 0.3) is 0 Å². The molecule has 1 atom stereocenters. The highest BCUT2D eigenvalue weighted by Crippen LogP contribution is 2.14. The molecule has 0 aliphatic heterocycles. The molecule has 1 aromatic rings. The molecule has 116 valence electrons. The molecule has 1 amide bonds. The van der Waals surface area contributed by atoms with Crippen LogP contribution in [0.5, 0.6) is 0 Å². The van der Waals surface area contributed by atoms with E-state index < -0.39 is 6.04 Å². The van der Waals surface area contributed by atoms with Crippen LogP contribution in [0.15, 0.2) is 30.3 Å². The standard InChI is InChI=1S/C16H24N2O3/c1-5-21-15(20)14(12-9-7-6-8-10-12)17-11-13(19)18-16(2,3)4/h6-10,14,17H,5,11H2,1-4H3,(H,18,19). The number of amides is 1. The van der Waals surface area contributed by atoms with Gasteiger partial charge in [0, 0.05) is 5.54 Å². The van der Waals surface area contributed by atoms with Gasteiger partial charge in [-0.3, -0.25) is 10.1 Å². The van der Waals surface area contributed by atoms with Crippen LogP contribution in [-0.2, 0) is 14.3 Å². The lowest BCUT2D eigenvalue weighted by molar-refractivity contribution is -0.145. The first-order valence-corrected chi connectivity index (χ1v) is 7.09. The van der Waals surface area contributed by atoms with E-state index in [9.17, 15) is 9.59 Å². The SMILES string of the molecule is CCOC(=O)C(NCC(=O)NC(C)(C)C)c1ccccc1. The summed E-state index contributed by atoms with van der Waals surface area (Å²) >= 11 is 0. The highest BCUT2D eigenvalue weighted by atomic mass is 16.5. The smallest absolute Gasteiger partial charge is 0.327 e. The van der Waals surface area contributed by atoms with E-state index in [-0.39, 0.29) is 24.0 Å². The summed E-state index contributed by atoms with van der Waals surface area (Å²) in [5, 5.41) is 5.80. The highest BCUT2D eigenvalue weighted by Gasteiger charge is 2.23. The zero-order chi connectivity index (χ0) is 15.9. The maximum Gasteiger partial charge on any atom is 0.327 e. The lowest BCUT2D eigenvalue weighted by Gasteiger charge is -2.22. The van der Waals surface area contributed by atoms with E-state index in [1.54, 1.807) is 6.92 Å². The molecule has 5 heteroatoms. The van der Waals surface area contributed by atoms with Crippen molar-refractivity contribution in [3.8, 4) is 0 Å². The maximum absolute atomic E-state index is 12.0. The van der Waals surface area contributed by atoms with Gasteiger partial charge in [-0.25, -0.2) is 4.79 Å². The summed E-state index contributed by atoms with van der Waals surface area (Å²) in [7, 11) is 0. The molecule has 0 saturated carbocycles. The van der Waals surface area contributed by atoms with E-state index in [0.29, 0.717) is 6.61 Å². The van der Waals surface area contributed by atoms with Gasteiger partial charge < -0.3 is 10.1 Å². The van der Waals surface area contributed by atoms with Crippen molar-refractivity contribution in [2.24, 2.45) is 0 Å². The van der Waals surface area contributed by atoms with Crippen molar-refractivity contribution in [1.82, 2.24) is 10.6 Å². The van der Waals surface area contributed by atoms with E-state index in [4.69, 9.17) is 4.74 Å². The first kappa shape index (κ1) is 17.2. The molecule has 5 nitrogen and oxygen atoms in total. The number of carbonyl (C=O) groups excluding carboxylic acids is 2. The van der Waals surface area contributed by atoms with Gasteiger partial charge >= 0.3 is 5.97 Å². The number of hydrogen-bond acceptors (Lipinski definition) is 4. The molecule has 0 saturated heterocycles. The minimum atomic E-state index is -0.642. The average Bonchev–Trinajstić information content (AvgIpc) is 2.38. The zero-order valence-corrected chi connectivity index (χ0v) is 13.1. The van der Waals surface area contributed by atoms with Crippen molar-refractivity contribution < 1.29 is 14.3 Å². The van der Waals surface area contributed by atoms with Crippen LogP contribution in [-0.4, -0.2) is 30.6 Å². The van der Waals surface area contributed by atoms with E-state index in [2.05, 4.69) is 10.6 Å². The second-order valence-electron chi connectivity index (χ2n) is 5.77. The summed E-state index contributed by atoms with van der Waals surface area (Å²) in [6.07, 6.45) is 0. The maximum atomic E-state index is 12.0. The number of nitrogens with one attached hydrogen (secondary N) is 2. The Morgan fingerprint density at radius 3 is 2.33 bits per heavy atom. The Morgan fingerprint density at radius 1 is 1.19 bits per heavy atom. The van der Waals surface area contributed by atoms with Gasteiger partial charge in [0.1, 0.15) is 6.04 Å². The number of hydrogen-bond donors (Lipinski definition) is 2. The van der Waals surface area contributed by atoms with Gasteiger partial charge in [0.05, 0.1) is 13.2 Å². The minimum absolute atomic E-state index is 0.0512. The van der Waals surface area contributed by atoms with Gasteiger partial charge in [0.15, 0.2) is 0 Å². The molecule has 0 bridgehead atoms. The third-order valence-electron chi connectivity index (χ3n) is 2.64. The summed E-state index contributed by atoms with van der Waals surface area (Å²) in [5.41, 5.74) is 0.477. The fourth-order valence-corrected chi connectivity index (χ4v) is 1.87. The van der Waals surface area contributed by atoms with Gasteiger partial charge in [0.25, 0.3) is 0 Å². The third-order valence-corrected chi connectivity index (χ3v) is 2.64. The molecule has 1 aromatic carbocycles. The highest BCUT2D eigenvalue weighted by molar-refractivity contribution is 5.81. The molecule has 2 N–H and O–H groups in total. The third kappa shape index (κ3) is 6.40. The molecule has 0 aliphatic carbocycles. The van der Waals surface area contributed by atoms with Gasteiger partial charge in [-0.15, -0.1) is 0 Å². The summed E-state index contributed by atoms with van der Waals surface area (Å²) in [5.74, 6) is -0.542. The van der Waals surface area contributed by atoms with Crippen LogP contribution < -0.4 is 10.6 Å². The van der Waals surface area contributed by atoms with Crippen molar-refractivity contribution in [1.29, 1.82) is 0 Å². The van der Waals surface area contributed by atoms with Crippen LogP contribution >= 0.6 is 0 Å². The molecular formula is C16H24N2O3. The monoisotopic (exact) mass is 292 g/mol. The summed E-state index contributed by atoms with van der Waals surface area (Å²) in [4.78, 5) is 23.9. The van der Waals surface area contributed by atoms with Crippen molar-refractivity contribution in [2.75, 3.05) is 13.2 Å². The molecule has 1 rings (SSSR count). The first-order chi connectivity index (χ1) is 9.83. The zero-order valence-electron chi connectivity index (χ0n) is 13.1.